The zero-order valence-corrected chi connectivity index (χ0v) is 10.1. The van der Waals surface area contributed by atoms with E-state index in [-0.39, 0.29) is 17.9 Å². The van der Waals surface area contributed by atoms with Gasteiger partial charge >= 0.3 is 0 Å². The van der Waals surface area contributed by atoms with Gasteiger partial charge in [0.05, 0.1) is 16.6 Å². The molecule has 82 valence electrons. The molecule has 15 heavy (non-hydrogen) atoms. The summed E-state index contributed by atoms with van der Waals surface area (Å²) in [7, 11) is 0. The van der Waals surface area contributed by atoms with Crippen molar-refractivity contribution in [2.45, 2.75) is 13.3 Å². The highest BCUT2D eigenvalue weighted by Crippen LogP contribution is 2.18. The molecule has 0 radical (unpaired) electrons. The summed E-state index contributed by atoms with van der Waals surface area (Å²) in [6.07, 6.45) is 0.953. The van der Waals surface area contributed by atoms with Gasteiger partial charge in [-0.1, -0.05) is 13.0 Å². The molecule has 0 aliphatic heterocycles. The number of rotatable bonds is 5. The number of Topliss-reactive ketones (excluding diaryl/α,β-unsaturated/α-hetero) is 1. The highest BCUT2D eigenvalue weighted by atomic mass is 79.9. The topological polar surface area (TPSA) is 29.1 Å². The largest absolute Gasteiger partial charge is 0.310 e. The van der Waals surface area contributed by atoms with Crippen molar-refractivity contribution < 1.29 is 9.18 Å². The van der Waals surface area contributed by atoms with Crippen molar-refractivity contribution in [3.8, 4) is 0 Å². The van der Waals surface area contributed by atoms with Crippen LogP contribution in [0.5, 0.6) is 0 Å². The molecule has 0 fully saturated rings. The lowest BCUT2D eigenvalue weighted by atomic mass is 10.1. The van der Waals surface area contributed by atoms with E-state index in [1.165, 1.54) is 6.07 Å². The van der Waals surface area contributed by atoms with Gasteiger partial charge in [0.25, 0.3) is 0 Å². The number of hydrogen-bond donors (Lipinski definition) is 1. The summed E-state index contributed by atoms with van der Waals surface area (Å²) in [5, 5.41) is 2.95. The number of hydrogen-bond acceptors (Lipinski definition) is 2. The van der Waals surface area contributed by atoms with E-state index >= 15 is 0 Å². The van der Waals surface area contributed by atoms with E-state index in [4.69, 9.17) is 0 Å². The van der Waals surface area contributed by atoms with Crippen molar-refractivity contribution >= 4 is 21.7 Å². The predicted octanol–water partition coefficient (Wildman–Crippen LogP) is 2.77. The Morgan fingerprint density at radius 2 is 2.27 bits per heavy atom. The van der Waals surface area contributed by atoms with Crippen molar-refractivity contribution in [2.24, 2.45) is 0 Å². The lowest BCUT2D eigenvalue weighted by molar-refractivity contribution is 0.0987. The number of nitrogens with one attached hydrogen (secondary N) is 1. The molecule has 0 aliphatic carbocycles. The van der Waals surface area contributed by atoms with Crippen LogP contribution in [0.1, 0.15) is 23.7 Å². The van der Waals surface area contributed by atoms with E-state index in [1.54, 1.807) is 12.1 Å². The molecule has 0 aromatic heterocycles. The molecule has 0 atom stereocenters. The van der Waals surface area contributed by atoms with E-state index < -0.39 is 5.82 Å². The van der Waals surface area contributed by atoms with Crippen LogP contribution < -0.4 is 5.32 Å². The summed E-state index contributed by atoms with van der Waals surface area (Å²) in [5.41, 5.74) is 0.132. The van der Waals surface area contributed by atoms with Gasteiger partial charge in [0.15, 0.2) is 5.78 Å². The molecule has 1 aromatic rings. The Morgan fingerprint density at radius 1 is 1.53 bits per heavy atom. The monoisotopic (exact) mass is 273 g/mol. The van der Waals surface area contributed by atoms with Gasteiger partial charge in [0, 0.05) is 0 Å². The Bertz CT molecular complexity index is 354. The van der Waals surface area contributed by atoms with E-state index in [9.17, 15) is 9.18 Å². The highest BCUT2D eigenvalue weighted by Gasteiger charge is 2.12. The number of halogens is 2. The second kappa shape index (κ2) is 5.98. The molecule has 1 N–H and O–H groups in total. The predicted molar refractivity (Wildman–Crippen MR) is 61.6 cm³/mol. The summed E-state index contributed by atoms with van der Waals surface area (Å²) < 4.78 is 13.8. The number of carbonyl (C=O) groups is 1. The summed E-state index contributed by atoms with van der Waals surface area (Å²) in [4.78, 5) is 11.6. The molecule has 0 saturated heterocycles. The first-order chi connectivity index (χ1) is 7.16. The lowest BCUT2D eigenvalue weighted by Crippen LogP contribution is -2.24. The minimum Gasteiger partial charge on any atom is -0.310 e. The quantitative estimate of drug-likeness (QED) is 0.660. The number of carbonyl (C=O) groups excluding carboxylic acids is 1. The average Bonchev–Trinajstić information content (AvgIpc) is 2.22. The third-order valence-corrected chi connectivity index (χ3v) is 2.58. The fourth-order valence-corrected chi connectivity index (χ4v) is 1.56. The number of benzene rings is 1. The Hall–Kier alpha value is -0.740. The smallest absolute Gasteiger partial charge is 0.179 e. The maximum Gasteiger partial charge on any atom is 0.179 e. The maximum atomic E-state index is 13.5. The zero-order valence-electron chi connectivity index (χ0n) is 8.52. The first-order valence-electron chi connectivity index (χ1n) is 4.84. The van der Waals surface area contributed by atoms with Crippen molar-refractivity contribution in [3.05, 3.63) is 34.1 Å². The lowest BCUT2D eigenvalue weighted by Gasteiger charge is -2.04. The molecule has 0 unspecified atom stereocenters. The van der Waals surface area contributed by atoms with Gasteiger partial charge in [-0.2, -0.15) is 0 Å². The van der Waals surface area contributed by atoms with Crippen molar-refractivity contribution in [2.75, 3.05) is 13.1 Å². The van der Waals surface area contributed by atoms with Gasteiger partial charge < -0.3 is 5.32 Å². The molecule has 0 spiro atoms. The van der Waals surface area contributed by atoms with Crippen LogP contribution in [0.15, 0.2) is 22.7 Å². The normalized spacial score (nSPS) is 10.3. The molecule has 0 aliphatic rings. The van der Waals surface area contributed by atoms with Gasteiger partial charge in [-0.3, -0.25) is 4.79 Å². The van der Waals surface area contributed by atoms with E-state index in [2.05, 4.69) is 21.2 Å². The maximum absolute atomic E-state index is 13.5. The zero-order chi connectivity index (χ0) is 11.3. The Balaban J connectivity index is 2.69. The van der Waals surface area contributed by atoms with Gasteiger partial charge in [0.2, 0.25) is 0 Å². The van der Waals surface area contributed by atoms with Gasteiger partial charge in [0.1, 0.15) is 5.82 Å². The SMILES string of the molecule is CCCNCC(=O)c1cccc(Br)c1F. The van der Waals surface area contributed by atoms with Gasteiger partial charge in [-0.05, 0) is 41.0 Å². The summed E-state index contributed by atoms with van der Waals surface area (Å²) in [5.74, 6) is -0.706. The molecule has 0 bridgehead atoms. The van der Waals surface area contributed by atoms with Crippen LogP contribution in [0.3, 0.4) is 0 Å². The fraction of sp³-hybridized carbons (Fsp3) is 0.364. The highest BCUT2D eigenvalue weighted by molar-refractivity contribution is 9.10. The summed E-state index contributed by atoms with van der Waals surface area (Å²) in [6, 6.07) is 4.72. The minimum atomic E-state index is -0.485. The number of ketones is 1. The van der Waals surface area contributed by atoms with Crippen LogP contribution in [-0.2, 0) is 0 Å². The Kier molecular flexibility index (Phi) is 4.91. The summed E-state index contributed by atoms with van der Waals surface area (Å²) in [6.45, 7) is 2.96. The third-order valence-electron chi connectivity index (χ3n) is 1.96. The fourth-order valence-electron chi connectivity index (χ4n) is 1.19. The van der Waals surface area contributed by atoms with Crippen LogP contribution in [0, 0.1) is 5.82 Å². The second-order valence-corrected chi connectivity index (χ2v) is 4.06. The van der Waals surface area contributed by atoms with E-state index in [1.807, 2.05) is 6.92 Å². The second-order valence-electron chi connectivity index (χ2n) is 3.20. The minimum absolute atomic E-state index is 0.132. The molecular formula is C11H13BrFNO. The molecule has 0 heterocycles. The van der Waals surface area contributed by atoms with E-state index in [0.717, 1.165) is 13.0 Å². The molecule has 1 aromatic carbocycles. The first-order valence-corrected chi connectivity index (χ1v) is 5.64. The van der Waals surface area contributed by atoms with Crippen LogP contribution in [0.25, 0.3) is 0 Å². The molecule has 0 amide bonds. The van der Waals surface area contributed by atoms with Crippen LogP contribution in [0.2, 0.25) is 0 Å². The van der Waals surface area contributed by atoms with Gasteiger partial charge in [-0.25, -0.2) is 4.39 Å². The standard InChI is InChI=1S/C11H13BrFNO/c1-2-6-14-7-10(15)8-4-3-5-9(12)11(8)13/h3-5,14H,2,6-7H2,1H3. The molecule has 1 rings (SSSR count). The third kappa shape index (κ3) is 3.39. The molecular weight excluding hydrogens is 261 g/mol. The average molecular weight is 274 g/mol. The molecule has 2 nitrogen and oxygen atoms in total. The van der Waals surface area contributed by atoms with Crippen molar-refractivity contribution in [1.82, 2.24) is 5.32 Å². The van der Waals surface area contributed by atoms with E-state index in [0.29, 0.717) is 4.47 Å². The molecule has 0 saturated carbocycles. The van der Waals surface area contributed by atoms with Crippen LogP contribution in [-0.4, -0.2) is 18.9 Å². The Labute approximate surface area is 97.0 Å². The first kappa shape index (κ1) is 12.3. The van der Waals surface area contributed by atoms with Crippen LogP contribution >= 0.6 is 15.9 Å². The molecule has 4 heteroatoms. The summed E-state index contributed by atoms with van der Waals surface area (Å²) >= 11 is 3.05. The van der Waals surface area contributed by atoms with Crippen molar-refractivity contribution in [1.29, 1.82) is 0 Å². The van der Waals surface area contributed by atoms with Crippen LogP contribution in [0.4, 0.5) is 4.39 Å². The van der Waals surface area contributed by atoms with Gasteiger partial charge in [-0.15, -0.1) is 0 Å². The van der Waals surface area contributed by atoms with Crippen molar-refractivity contribution in [3.63, 3.8) is 0 Å². The Morgan fingerprint density at radius 3 is 2.93 bits per heavy atom.